The van der Waals surface area contributed by atoms with Gasteiger partial charge in [0.05, 0.1) is 5.75 Å². The summed E-state index contributed by atoms with van der Waals surface area (Å²) in [7, 11) is -1.30. The third-order valence-corrected chi connectivity index (χ3v) is 6.05. The SMILES string of the molecule is CCC1CCCCN1S(=O)(=O)Cc1ccc(CNC)cc1. The molecule has 0 amide bonds. The van der Waals surface area contributed by atoms with Crippen molar-refractivity contribution >= 4 is 10.0 Å². The number of rotatable bonds is 6. The largest absolute Gasteiger partial charge is 0.316 e. The van der Waals surface area contributed by atoms with E-state index in [4.69, 9.17) is 0 Å². The molecule has 1 aliphatic heterocycles. The number of piperidine rings is 1. The van der Waals surface area contributed by atoms with Crippen molar-refractivity contribution in [3.05, 3.63) is 35.4 Å². The van der Waals surface area contributed by atoms with E-state index in [-0.39, 0.29) is 11.8 Å². The summed E-state index contributed by atoms with van der Waals surface area (Å²) >= 11 is 0. The molecule has 5 heteroatoms. The second-order valence-electron chi connectivity index (χ2n) is 5.77. The van der Waals surface area contributed by atoms with Crippen LogP contribution in [0.1, 0.15) is 43.7 Å². The van der Waals surface area contributed by atoms with Gasteiger partial charge in [0, 0.05) is 19.1 Å². The molecule has 1 fully saturated rings. The number of hydrogen-bond donors (Lipinski definition) is 1. The van der Waals surface area contributed by atoms with Crippen LogP contribution in [-0.4, -0.2) is 32.4 Å². The minimum Gasteiger partial charge on any atom is -0.316 e. The van der Waals surface area contributed by atoms with Gasteiger partial charge in [-0.25, -0.2) is 8.42 Å². The van der Waals surface area contributed by atoms with Gasteiger partial charge in [0.25, 0.3) is 0 Å². The number of sulfonamides is 1. The van der Waals surface area contributed by atoms with E-state index in [0.717, 1.165) is 37.8 Å². The molecule has 118 valence electrons. The molecule has 4 nitrogen and oxygen atoms in total. The molecule has 0 radical (unpaired) electrons. The van der Waals surface area contributed by atoms with Crippen molar-refractivity contribution in [2.45, 2.75) is 50.9 Å². The molecule has 0 aliphatic carbocycles. The highest BCUT2D eigenvalue weighted by molar-refractivity contribution is 7.88. The first kappa shape index (κ1) is 16.5. The summed E-state index contributed by atoms with van der Waals surface area (Å²) < 4.78 is 27.0. The van der Waals surface area contributed by atoms with Crippen molar-refractivity contribution < 1.29 is 8.42 Å². The lowest BCUT2D eigenvalue weighted by Gasteiger charge is -2.34. The molecule has 21 heavy (non-hydrogen) atoms. The molecule has 0 spiro atoms. The van der Waals surface area contributed by atoms with Crippen LogP contribution in [0.2, 0.25) is 0 Å². The zero-order valence-corrected chi connectivity index (χ0v) is 13.8. The van der Waals surface area contributed by atoms with Gasteiger partial charge >= 0.3 is 0 Å². The summed E-state index contributed by atoms with van der Waals surface area (Å²) in [5.74, 6) is 0.114. The van der Waals surface area contributed by atoms with Crippen molar-refractivity contribution in [1.82, 2.24) is 9.62 Å². The van der Waals surface area contributed by atoms with Gasteiger partial charge in [-0.1, -0.05) is 37.6 Å². The Balaban J connectivity index is 2.09. The van der Waals surface area contributed by atoms with E-state index in [9.17, 15) is 8.42 Å². The van der Waals surface area contributed by atoms with Gasteiger partial charge < -0.3 is 5.32 Å². The maximum atomic E-state index is 12.6. The van der Waals surface area contributed by atoms with Crippen LogP contribution in [0.15, 0.2) is 24.3 Å². The normalized spacial score (nSPS) is 20.6. The van der Waals surface area contributed by atoms with Crippen LogP contribution in [0.5, 0.6) is 0 Å². The minimum atomic E-state index is -3.21. The maximum absolute atomic E-state index is 12.6. The zero-order chi connectivity index (χ0) is 15.3. The van der Waals surface area contributed by atoms with Crippen molar-refractivity contribution in [1.29, 1.82) is 0 Å². The van der Waals surface area contributed by atoms with E-state index in [2.05, 4.69) is 12.2 Å². The van der Waals surface area contributed by atoms with Gasteiger partial charge in [-0.05, 0) is 37.4 Å². The average Bonchev–Trinajstić information content (AvgIpc) is 2.49. The van der Waals surface area contributed by atoms with Crippen LogP contribution in [0.4, 0.5) is 0 Å². The highest BCUT2D eigenvalue weighted by atomic mass is 32.2. The van der Waals surface area contributed by atoms with E-state index in [1.54, 1.807) is 4.31 Å². The highest BCUT2D eigenvalue weighted by Crippen LogP contribution is 2.24. The molecule has 0 bridgehead atoms. The molecule has 1 heterocycles. The van der Waals surface area contributed by atoms with Crippen LogP contribution in [0.25, 0.3) is 0 Å². The first-order valence-corrected chi connectivity index (χ1v) is 9.39. The Labute approximate surface area is 128 Å². The Morgan fingerprint density at radius 3 is 2.48 bits per heavy atom. The summed E-state index contributed by atoms with van der Waals surface area (Å²) in [5.41, 5.74) is 2.04. The van der Waals surface area contributed by atoms with E-state index in [1.807, 2.05) is 31.3 Å². The topological polar surface area (TPSA) is 49.4 Å². The molecule has 0 saturated carbocycles. The predicted molar refractivity (Wildman–Crippen MR) is 86.5 cm³/mol. The van der Waals surface area contributed by atoms with E-state index >= 15 is 0 Å². The van der Waals surface area contributed by atoms with Gasteiger partial charge in [0.1, 0.15) is 0 Å². The monoisotopic (exact) mass is 310 g/mol. The standard InChI is InChI=1S/C16H26N2O2S/c1-3-16-6-4-5-11-18(16)21(19,20)13-15-9-7-14(8-10-15)12-17-2/h7-10,16-17H,3-6,11-13H2,1-2H3. The smallest absolute Gasteiger partial charge is 0.218 e. The molecule has 1 aliphatic rings. The fourth-order valence-corrected chi connectivity index (χ4v) is 4.89. The molecular formula is C16H26N2O2S. The lowest BCUT2D eigenvalue weighted by molar-refractivity contribution is 0.246. The number of hydrogen-bond acceptors (Lipinski definition) is 3. The Kier molecular flexibility index (Phi) is 5.79. The van der Waals surface area contributed by atoms with Gasteiger partial charge in [-0.2, -0.15) is 4.31 Å². The Bertz CT molecular complexity index is 540. The number of benzene rings is 1. The lowest BCUT2D eigenvalue weighted by atomic mass is 10.0. The van der Waals surface area contributed by atoms with Crippen molar-refractivity contribution in [3.63, 3.8) is 0 Å². The van der Waals surface area contributed by atoms with Crippen LogP contribution in [-0.2, 0) is 22.3 Å². The van der Waals surface area contributed by atoms with Crippen molar-refractivity contribution in [2.75, 3.05) is 13.6 Å². The molecule has 1 atom stereocenters. The first-order valence-electron chi connectivity index (χ1n) is 7.78. The van der Waals surface area contributed by atoms with Gasteiger partial charge in [-0.3, -0.25) is 0 Å². The highest BCUT2D eigenvalue weighted by Gasteiger charge is 2.31. The second-order valence-corrected chi connectivity index (χ2v) is 7.69. The minimum absolute atomic E-state index is 0.114. The van der Waals surface area contributed by atoms with Crippen molar-refractivity contribution in [2.24, 2.45) is 0 Å². The summed E-state index contributed by atoms with van der Waals surface area (Å²) in [4.78, 5) is 0. The van der Waals surface area contributed by atoms with E-state index in [1.165, 1.54) is 5.56 Å². The molecule has 1 saturated heterocycles. The third kappa shape index (κ3) is 4.28. The molecule has 1 aromatic carbocycles. The molecule has 0 aromatic heterocycles. The van der Waals surface area contributed by atoms with Crippen molar-refractivity contribution in [3.8, 4) is 0 Å². The molecule has 1 aromatic rings. The summed E-state index contributed by atoms with van der Waals surface area (Å²) in [5, 5.41) is 3.09. The van der Waals surface area contributed by atoms with Crippen LogP contribution in [0, 0.1) is 0 Å². The predicted octanol–water partition coefficient (Wildman–Crippen LogP) is 2.50. The quantitative estimate of drug-likeness (QED) is 0.878. The molecule has 2 rings (SSSR count). The fraction of sp³-hybridized carbons (Fsp3) is 0.625. The lowest BCUT2D eigenvalue weighted by Crippen LogP contribution is -2.43. The molecular weight excluding hydrogens is 284 g/mol. The van der Waals surface area contributed by atoms with E-state index < -0.39 is 10.0 Å². The molecule has 1 N–H and O–H groups in total. The summed E-state index contributed by atoms with van der Waals surface area (Å²) in [6, 6.07) is 8.03. The maximum Gasteiger partial charge on any atom is 0.218 e. The van der Waals surface area contributed by atoms with Crippen LogP contribution < -0.4 is 5.32 Å². The Morgan fingerprint density at radius 1 is 1.19 bits per heavy atom. The number of nitrogens with one attached hydrogen (secondary N) is 1. The van der Waals surface area contributed by atoms with E-state index in [0.29, 0.717) is 6.54 Å². The second kappa shape index (κ2) is 7.38. The van der Waals surface area contributed by atoms with Crippen LogP contribution in [0.3, 0.4) is 0 Å². The van der Waals surface area contributed by atoms with Gasteiger partial charge in [0.15, 0.2) is 0 Å². The zero-order valence-electron chi connectivity index (χ0n) is 13.0. The molecule has 1 unspecified atom stereocenters. The van der Waals surface area contributed by atoms with Gasteiger partial charge in [-0.15, -0.1) is 0 Å². The Hall–Kier alpha value is -0.910. The average molecular weight is 310 g/mol. The van der Waals surface area contributed by atoms with Gasteiger partial charge in [0.2, 0.25) is 10.0 Å². The summed E-state index contributed by atoms with van der Waals surface area (Å²) in [6.07, 6.45) is 4.03. The first-order chi connectivity index (χ1) is 10.1. The Morgan fingerprint density at radius 2 is 1.86 bits per heavy atom. The van der Waals surface area contributed by atoms with Crippen LogP contribution >= 0.6 is 0 Å². The third-order valence-electron chi connectivity index (χ3n) is 4.15. The number of nitrogens with zero attached hydrogens (tertiary/aromatic N) is 1. The fourth-order valence-electron chi connectivity index (χ4n) is 3.00. The summed E-state index contributed by atoms with van der Waals surface area (Å²) in [6.45, 7) is 3.56.